The fourth-order valence-corrected chi connectivity index (χ4v) is 2.09. The van der Waals surface area contributed by atoms with Gasteiger partial charge >= 0.3 is 0 Å². The monoisotopic (exact) mass is 404 g/mol. The number of guanidine groups is 1. The van der Waals surface area contributed by atoms with Crippen LogP contribution in [0.25, 0.3) is 0 Å². The van der Waals surface area contributed by atoms with Crippen LogP contribution in [0.4, 0.5) is 5.69 Å². The average molecular weight is 404 g/mol. The zero-order valence-electron chi connectivity index (χ0n) is 13.8. The van der Waals surface area contributed by atoms with Crippen LogP contribution in [0.5, 0.6) is 0 Å². The van der Waals surface area contributed by atoms with E-state index < -0.39 is 0 Å². The number of nitrogens with zero attached hydrogens (tertiary/aromatic N) is 2. The van der Waals surface area contributed by atoms with Gasteiger partial charge in [-0.1, -0.05) is 13.0 Å². The number of nitrogens with one attached hydrogen (secondary N) is 1. The maximum atomic E-state index is 5.92. The van der Waals surface area contributed by atoms with Crippen molar-refractivity contribution in [2.24, 2.45) is 10.7 Å². The van der Waals surface area contributed by atoms with E-state index in [1.807, 2.05) is 0 Å². The molecule has 0 aliphatic heterocycles. The summed E-state index contributed by atoms with van der Waals surface area (Å²) in [6.07, 6.45) is 1.15. The van der Waals surface area contributed by atoms with E-state index in [0.29, 0.717) is 18.5 Å². The van der Waals surface area contributed by atoms with Crippen molar-refractivity contribution in [2.45, 2.75) is 40.2 Å². The van der Waals surface area contributed by atoms with Gasteiger partial charge in [0.15, 0.2) is 5.96 Å². The van der Waals surface area contributed by atoms with Crippen molar-refractivity contribution in [2.75, 3.05) is 25.5 Å². The van der Waals surface area contributed by atoms with Crippen LogP contribution in [0.3, 0.4) is 0 Å². The summed E-state index contributed by atoms with van der Waals surface area (Å²) in [4.78, 5) is 6.68. The summed E-state index contributed by atoms with van der Waals surface area (Å²) in [5.41, 5.74) is 9.36. The minimum absolute atomic E-state index is 0. The average Bonchev–Trinajstić information content (AvgIpc) is 2.36. The zero-order chi connectivity index (χ0) is 15.1. The van der Waals surface area contributed by atoms with Gasteiger partial charge in [-0.2, -0.15) is 0 Å². The van der Waals surface area contributed by atoms with Crippen molar-refractivity contribution in [1.82, 2.24) is 4.90 Å². The van der Waals surface area contributed by atoms with Crippen LogP contribution in [0.15, 0.2) is 23.2 Å². The van der Waals surface area contributed by atoms with E-state index in [9.17, 15) is 0 Å². The molecule has 0 saturated carbocycles. The topological polar surface area (TPSA) is 53.6 Å². The zero-order valence-corrected chi connectivity index (χ0v) is 16.1. The molecule has 5 heteroatoms. The number of aryl methyl sites for hydroxylation is 2. The third-order valence-corrected chi connectivity index (χ3v) is 3.57. The minimum atomic E-state index is 0. The molecule has 1 rings (SSSR count). The Balaban J connectivity index is 0.00000400. The number of rotatable bonds is 6. The molecule has 1 atom stereocenters. The third-order valence-electron chi connectivity index (χ3n) is 3.57. The number of likely N-dealkylation sites (N-methyl/N-ethyl adjacent to an activating group) is 1. The summed E-state index contributed by atoms with van der Waals surface area (Å²) < 4.78 is 0. The van der Waals surface area contributed by atoms with Crippen molar-refractivity contribution >= 4 is 35.6 Å². The molecule has 0 amide bonds. The van der Waals surface area contributed by atoms with Crippen LogP contribution >= 0.6 is 24.0 Å². The first-order chi connectivity index (χ1) is 9.42. The fourth-order valence-electron chi connectivity index (χ4n) is 2.09. The maximum absolute atomic E-state index is 5.92. The maximum Gasteiger partial charge on any atom is 0.193 e. The lowest BCUT2D eigenvalue weighted by Crippen LogP contribution is -2.31. The van der Waals surface area contributed by atoms with Crippen LogP contribution in [0, 0.1) is 13.8 Å². The highest BCUT2D eigenvalue weighted by Crippen LogP contribution is 2.13. The number of aliphatic imine (C=N–C) groups is 1. The van der Waals surface area contributed by atoms with Gasteiger partial charge in [-0.3, -0.25) is 4.99 Å². The SMILES string of the molecule is CCC(C)N(C)CCN=C(N)Nc1cc(C)cc(C)c1.I. The quantitative estimate of drug-likeness (QED) is 0.434. The molecule has 3 N–H and O–H groups in total. The summed E-state index contributed by atoms with van der Waals surface area (Å²) in [5, 5.41) is 3.15. The molecule has 21 heavy (non-hydrogen) atoms. The Labute approximate surface area is 146 Å². The molecule has 0 bridgehead atoms. The van der Waals surface area contributed by atoms with Crippen LogP contribution in [0.1, 0.15) is 31.4 Å². The first-order valence-corrected chi connectivity index (χ1v) is 7.27. The van der Waals surface area contributed by atoms with Gasteiger partial charge in [-0.15, -0.1) is 24.0 Å². The van der Waals surface area contributed by atoms with Gasteiger partial charge in [0.05, 0.1) is 6.54 Å². The molecule has 1 aromatic carbocycles. The minimum Gasteiger partial charge on any atom is -0.370 e. The summed E-state index contributed by atoms with van der Waals surface area (Å²) >= 11 is 0. The van der Waals surface area contributed by atoms with Crippen LogP contribution in [0.2, 0.25) is 0 Å². The Morgan fingerprint density at radius 2 is 1.86 bits per heavy atom. The van der Waals surface area contributed by atoms with E-state index in [-0.39, 0.29) is 24.0 Å². The van der Waals surface area contributed by atoms with Gasteiger partial charge in [-0.05, 0) is 57.5 Å². The predicted molar refractivity (Wildman–Crippen MR) is 104 cm³/mol. The number of hydrogen-bond acceptors (Lipinski definition) is 2. The molecule has 0 heterocycles. The summed E-state index contributed by atoms with van der Waals surface area (Å²) in [6.45, 7) is 10.2. The molecule has 0 spiro atoms. The fraction of sp³-hybridized carbons (Fsp3) is 0.562. The molecule has 120 valence electrons. The Hall–Kier alpha value is -0.820. The Kier molecular flexibility index (Phi) is 9.61. The highest BCUT2D eigenvalue weighted by molar-refractivity contribution is 14.0. The molecule has 0 fully saturated rings. The normalized spacial score (nSPS) is 13.0. The Morgan fingerprint density at radius 1 is 1.29 bits per heavy atom. The van der Waals surface area contributed by atoms with Gasteiger partial charge in [0, 0.05) is 18.3 Å². The van der Waals surface area contributed by atoms with Gasteiger partial charge in [-0.25, -0.2) is 0 Å². The second-order valence-electron chi connectivity index (χ2n) is 5.51. The lowest BCUT2D eigenvalue weighted by Gasteiger charge is -2.22. The number of halogens is 1. The van der Waals surface area contributed by atoms with Crippen LogP contribution in [-0.4, -0.2) is 37.0 Å². The third kappa shape index (κ3) is 7.66. The van der Waals surface area contributed by atoms with E-state index in [0.717, 1.165) is 18.7 Å². The van der Waals surface area contributed by atoms with Gasteiger partial charge in [0.1, 0.15) is 0 Å². The second-order valence-corrected chi connectivity index (χ2v) is 5.51. The molecular weight excluding hydrogens is 375 g/mol. The van der Waals surface area contributed by atoms with Gasteiger partial charge in [0.25, 0.3) is 0 Å². The molecular formula is C16H29IN4. The molecule has 4 nitrogen and oxygen atoms in total. The molecule has 0 saturated heterocycles. The lowest BCUT2D eigenvalue weighted by molar-refractivity contribution is 0.259. The first-order valence-electron chi connectivity index (χ1n) is 7.27. The highest BCUT2D eigenvalue weighted by Gasteiger charge is 2.05. The van der Waals surface area contributed by atoms with E-state index in [1.165, 1.54) is 11.1 Å². The summed E-state index contributed by atoms with van der Waals surface area (Å²) in [7, 11) is 2.12. The van der Waals surface area contributed by atoms with Crippen molar-refractivity contribution in [3.63, 3.8) is 0 Å². The lowest BCUT2D eigenvalue weighted by atomic mass is 10.1. The molecule has 0 radical (unpaired) electrons. The van der Waals surface area contributed by atoms with E-state index in [1.54, 1.807) is 0 Å². The molecule has 0 aliphatic carbocycles. The summed E-state index contributed by atoms with van der Waals surface area (Å²) in [6, 6.07) is 6.86. The second kappa shape index (κ2) is 10.00. The van der Waals surface area contributed by atoms with E-state index in [2.05, 4.69) is 68.2 Å². The van der Waals surface area contributed by atoms with Crippen LogP contribution < -0.4 is 11.1 Å². The van der Waals surface area contributed by atoms with Crippen molar-refractivity contribution in [3.05, 3.63) is 29.3 Å². The van der Waals surface area contributed by atoms with Crippen molar-refractivity contribution in [1.29, 1.82) is 0 Å². The van der Waals surface area contributed by atoms with Gasteiger partial charge < -0.3 is 16.0 Å². The number of benzene rings is 1. The van der Waals surface area contributed by atoms with E-state index >= 15 is 0 Å². The largest absolute Gasteiger partial charge is 0.370 e. The molecule has 1 aromatic rings. The Morgan fingerprint density at radius 3 is 2.38 bits per heavy atom. The van der Waals surface area contributed by atoms with Crippen molar-refractivity contribution < 1.29 is 0 Å². The van der Waals surface area contributed by atoms with E-state index in [4.69, 9.17) is 5.73 Å². The number of hydrogen-bond donors (Lipinski definition) is 2. The molecule has 0 aliphatic rings. The summed E-state index contributed by atoms with van der Waals surface area (Å²) in [5.74, 6) is 0.479. The van der Waals surface area contributed by atoms with Crippen LogP contribution in [-0.2, 0) is 0 Å². The first kappa shape index (κ1) is 20.2. The number of anilines is 1. The van der Waals surface area contributed by atoms with Crippen molar-refractivity contribution in [3.8, 4) is 0 Å². The number of nitrogens with two attached hydrogens (primary N) is 1. The smallest absolute Gasteiger partial charge is 0.193 e. The highest BCUT2D eigenvalue weighted by atomic mass is 127. The van der Waals surface area contributed by atoms with Gasteiger partial charge in [0.2, 0.25) is 0 Å². The predicted octanol–water partition coefficient (Wildman–Crippen LogP) is 3.38. The molecule has 0 aromatic heterocycles. The molecule has 1 unspecified atom stereocenters. The standard InChI is InChI=1S/C16H28N4.HI/c1-6-14(4)20(5)8-7-18-16(17)19-15-10-12(2)9-13(3)11-15;/h9-11,14H,6-8H2,1-5H3,(H3,17,18,19);1H. The Bertz CT molecular complexity index is 439.